The van der Waals surface area contributed by atoms with Gasteiger partial charge in [-0.1, -0.05) is 35.7 Å². The molecule has 1 aliphatic heterocycles. The highest BCUT2D eigenvalue weighted by molar-refractivity contribution is 6.35. The van der Waals surface area contributed by atoms with Crippen molar-refractivity contribution < 1.29 is 9.47 Å². The van der Waals surface area contributed by atoms with Gasteiger partial charge in [0.05, 0.1) is 20.3 Å². The number of benzene rings is 2. The number of ether oxygens (including phenoxy) is 2. The summed E-state index contributed by atoms with van der Waals surface area (Å²) in [7, 11) is 3.42. The number of halogens is 2. The van der Waals surface area contributed by atoms with Gasteiger partial charge >= 0.3 is 0 Å². The minimum absolute atomic E-state index is 0.205. The van der Waals surface area contributed by atoms with Crippen LogP contribution in [0.5, 0.6) is 11.5 Å². The number of hydrogen-bond acceptors (Lipinski definition) is 4. The summed E-state index contributed by atoms with van der Waals surface area (Å²) in [5.74, 6) is 1.74. The zero-order chi connectivity index (χ0) is 19.9. The normalized spacial score (nSPS) is 16.0. The molecule has 152 valence electrons. The van der Waals surface area contributed by atoms with Gasteiger partial charge in [-0.3, -0.25) is 4.90 Å². The number of hydrogen-bond donors (Lipinski definition) is 1. The van der Waals surface area contributed by atoms with Crippen molar-refractivity contribution in [3.8, 4) is 11.5 Å². The Bertz CT molecular complexity index is 779. The second-order valence-corrected chi connectivity index (χ2v) is 7.93. The largest absolute Gasteiger partial charge is 0.497 e. The number of piperidine rings is 1. The minimum Gasteiger partial charge on any atom is -0.497 e. The highest BCUT2D eigenvalue weighted by Gasteiger charge is 2.25. The fraction of sp³-hybridized carbons (Fsp3) is 0.455. The summed E-state index contributed by atoms with van der Waals surface area (Å²) in [6, 6.07) is 11.9. The standard InChI is InChI=1S/C22H28Cl2N2O2/c1-27-18-8-9-22(28-2)19(13-18)21(26-10-4-3-5-11-26)15-25-14-16-6-7-17(23)12-20(16)24/h6-9,12-13,21,25H,3-5,10-11,14-15H2,1-2H3. The number of likely N-dealkylation sites (tertiary alicyclic amines) is 1. The van der Waals surface area contributed by atoms with Gasteiger partial charge in [0.25, 0.3) is 0 Å². The van der Waals surface area contributed by atoms with Gasteiger partial charge in [0, 0.05) is 28.7 Å². The molecular weight excluding hydrogens is 395 g/mol. The molecule has 6 heteroatoms. The van der Waals surface area contributed by atoms with Crippen LogP contribution in [0, 0.1) is 0 Å². The van der Waals surface area contributed by atoms with Crippen LogP contribution in [0.2, 0.25) is 10.0 Å². The maximum atomic E-state index is 6.33. The first kappa shape index (κ1) is 21.3. The van der Waals surface area contributed by atoms with E-state index in [1.807, 2.05) is 24.3 Å². The average molecular weight is 423 g/mol. The van der Waals surface area contributed by atoms with E-state index in [9.17, 15) is 0 Å². The summed E-state index contributed by atoms with van der Waals surface area (Å²) in [6.07, 6.45) is 3.75. The minimum atomic E-state index is 0.205. The van der Waals surface area contributed by atoms with Crippen LogP contribution in [0.4, 0.5) is 0 Å². The van der Waals surface area contributed by atoms with Crippen molar-refractivity contribution in [2.45, 2.75) is 31.8 Å². The molecule has 0 saturated carbocycles. The van der Waals surface area contributed by atoms with E-state index in [0.717, 1.165) is 42.3 Å². The summed E-state index contributed by atoms with van der Waals surface area (Å²) in [5, 5.41) is 4.92. The Hall–Kier alpha value is -1.46. The first-order chi connectivity index (χ1) is 13.6. The second-order valence-electron chi connectivity index (χ2n) is 7.09. The van der Waals surface area contributed by atoms with Crippen LogP contribution in [0.1, 0.15) is 36.4 Å². The Labute approximate surface area is 177 Å². The lowest BCUT2D eigenvalue weighted by molar-refractivity contribution is 0.157. The van der Waals surface area contributed by atoms with E-state index in [0.29, 0.717) is 16.6 Å². The summed E-state index contributed by atoms with van der Waals surface area (Å²) in [6.45, 7) is 3.66. The number of methoxy groups -OCH3 is 2. The molecule has 1 heterocycles. The predicted molar refractivity (Wildman–Crippen MR) is 116 cm³/mol. The molecule has 3 rings (SSSR count). The topological polar surface area (TPSA) is 33.7 Å². The van der Waals surface area contributed by atoms with Gasteiger partial charge in [-0.2, -0.15) is 0 Å². The first-order valence-electron chi connectivity index (χ1n) is 9.73. The van der Waals surface area contributed by atoms with Gasteiger partial charge in [0.1, 0.15) is 11.5 Å². The smallest absolute Gasteiger partial charge is 0.123 e. The van der Waals surface area contributed by atoms with E-state index in [1.54, 1.807) is 20.3 Å². The third-order valence-electron chi connectivity index (χ3n) is 5.30. The summed E-state index contributed by atoms with van der Waals surface area (Å²) in [4.78, 5) is 2.54. The van der Waals surface area contributed by atoms with Crippen LogP contribution in [0.3, 0.4) is 0 Å². The molecule has 2 aromatic carbocycles. The molecular formula is C22H28Cl2N2O2. The van der Waals surface area contributed by atoms with Crippen molar-refractivity contribution in [1.29, 1.82) is 0 Å². The van der Waals surface area contributed by atoms with Crippen LogP contribution in [0.15, 0.2) is 36.4 Å². The van der Waals surface area contributed by atoms with E-state index in [2.05, 4.69) is 16.3 Å². The predicted octanol–water partition coefficient (Wildman–Crippen LogP) is 5.33. The van der Waals surface area contributed by atoms with Gasteiger partial charge in [0.2, 0.25) is 0 Å². The molecule has 1 aliphatic rings. The van der Waals surface area contributed by atoms with E-state index in [4.69, 9.17) is 32.7 Å². The zero-order valence-electron chi connectivity index (χ0n) is 16.5. The lowest BCUT2D eigenvalue weighted by Gasteiger charge is -2.36. The highest BCUT2D eigenvalue weighted by atomic mass is 35.5. The molecule has 1 fully saturated rings. The number of nitrogens with one attached hydrogen (secondary N) is 1. The molecule has 28 heavy (non-hydrogen) atoms. The van der Waals surface area contributed by atoms with Crippen molar-refractivity contribution in [3.05, 3.63) is 57.6 Å². The monoisotopic (exact) mass is 422 g/mol. The SMILES string of the molecule is COc1ccc(OC)c(C(CNCc2ccc(Cl)cc2Cl)N2CCCCC2)c1. The van der Waals surface area contributed by atoms with E-state index >= 15 is 0 Å². The summed E-state index contributed by atoms with van der Waals surface area (Å²) in [5.41, 5.74) is 2.19. The number of nitrogens with zero attached hydrogens (tertiary/aromatic N) is 1. The van der Waals surface area contributed by atoms with E-state index in [1.165, 1.54) is 19.3 Å². The summed E-state index contributed by atoms with van der Waals surface area (Å²) < 4.78 is 11.1. The van der Waals surface area contributed by atoms with Crippen LogP contribution in [-0.2, 0) is 6.54 Å². The van der Waals surface area contributed by atoms with Crippen molar-refractivity contribution in [3.63, 3.8) is 0 Å². The Kier molecular flexibility index (Phi) is 7.86. The first-order valence-corrected chi connectivity index (χ1v) is 10.5. The molecule has 0 aromatic heterocycles. The molecule has 1 N–H and O–H groups in total. The fourth-order valence-corrected chi connectivity index (χ4v) is 4.25. The van der Waals surface area contributed by atoms with Crippen LogP contribution >= 0.6 is 23.2 Å². The molecule has 0 amide bonds. The maximum Gasteiger partial charge on any atom is 0.123 e. The van der Waals surface area contributed by atoms with Gasteiger partial charge in [-0.15, -0.1) is 0 Å². The Morgan fingerprint density at radius 2 is 1.79 bits per heavy atom. The van der Waals surface area contributed by atoms with E-state index < -0.39 is 0 Å². The molecule has 0 aliphatic carbocycles. The highest BCUT2D eigenvalue weighted by Crippen LogP contribution is 2.34. The van der Waals surface area contributed by atoms with Crippen LogP contribution < -0.4 is 14.8 Å². The van der Waals surface area contributed by atoms with Crippen molar-refractivity contribution in [2.24, 2.45) is 0 Å². The fourth-order valence-electron chi connectivity index (χ4n) is 3.77. The molecule has 2 aromatic rings. The quantitative estimate of drug-likeness (QED) is 0.623. The Morgan fingerprint density at radius 1 is 1.00 bits per heavy atom. The average Bonchev–Trinajstić information content (AvgIpc) is 2.73. The molecule has 0 radical (unpaired) electrons. The Balaban J connectivity index is 1.79. The zero-order valence-corrected chi connectivity index (χ0v) is 18.0. The van der Waals surface area contributed by atoms with Crippen molar-refractivity contribution in [2.75, 3.05) is 33.9 Å². The molecule has 1 unspecified atom stereocenters. The Morgan fingerprint density at radius 3 is 2.46 bits per heavy atom. The lowest BCUT2D eigenvalue weighted by Crippen LogP contribution is -2.39. The lowest BCUT2D eigenvalue weighted by atomic mass is 10.00. The molecule has 1 atom stereocenters. The van der Waals surface area contributed by atoms with E-state index in [-0.39, 0.29) is 6.04 Å². The second kappa shape index (κ2) is 10.4. The maximum absolute atomic E-state index is 6.33. The van der Waals surface area contributed by atoms with Crippen LogP contribution in [-0.4, -0.2) is 38.8 Å². The molecule has 0 spiro atoms. The van der Waals surface area contributed by atoms with Gasteiger partial charge in [-0.25, -0.2) is 0 Å². The van der Waals surface area contributed by atoms with Gasteiger partial charge in [-0.05, 0) is 61.8 Å². The molecule has 1 saturated heterocycles. The summed E-state index contributed by atoms with van der Waals surface area (Å²) >= 11 is 12.3. The molecule has 0 bridgehead atoms. The molecule has 4 nitrogen and oxygen atoms in total. The van der Waals surface area contributed by atoms with Crippen molar-refractivity contribution in [1.82, 2.24) is 10.2 Å². The van der Waals surface area contributed by atoms with Gasteiger partial charge in [0.15, 0.2) is 0 Å². The van der Waals surface area contributed by atoms with Crippen LogP contribution in [0.25, 0.3) is 0 Å². The van der Waals surface area contributed by atoms with Crippen molar-refractivity contribution >= 4 is 23.2 Å². The number of rotatable bonds is 8. The van der Waals surface area contributed by atoms with Gasteiger partial charge < -0.3 is 14.8 Å². The third-order valence-corrected chi connectivity index (χ3v) is 5.88. The third kappa shape index (κ3) is 5.32.